The molecule has 1 fully saturated rings. The molecule has 0 bridgehead atoms. The minimum absolute atomic E-state index is 0.0339. The molecular weight excluding hydrogens is 396 g/mol. The monoisotopic (exact) mass is 424 g/mol. The molecule has 0 aliphatic carbocycles. The zero-order valence-corrected chi connectivity index (χ0v) is 17.6. The van der Waals surface area contributed by atoms with Crippen molar-refractivity contribution in [1.82, 2.24) is 19.4 Å². The molecule has 29 heavy (non-hydrogen) atoms. The van der Waals surface area contributed by atoms with Crippen molar-refractivity contribution >= 4 is 16.5 Å². The lowest BCUT2D eigenvalue weighted by Gasteiger charge is -2.18. The van der Waals surface area contributed by atoms with Crippen LogP contribution in [0, 0.1) is 12.8 Å². The molecule has 3 rings (SSSR count). The van der Waals surface area contributed by atoms with Crippen LogP contribution < -0.4 is 0 Å². The molecule has 0 radical (unpaired) electrons. The first kappa shape index (κ1) is 23.0. The first-order valence-electron chi connectivity index (χ1n) is 9.15. The second-order valence-corrected chi connectivity index (χ2v) is 9.55. The van der Waals surface area contributed by atoms with E-state index in [2.05, 4.69) is 39.4 Å². The lowest BCUT2D eigenvalue weighted by molar-refractivity contribution is -0.122. The summed E-state index contributed by atoms with van der Waals surface area (Å²) in [6.45, 7) is 3.43. The summed E-state index contributed by atoms with van der Waals surface area (Å²) < 4.78 is 25.4. The number of carboxylic acid groups (broad SMARTS) is 1. The van der Waals surface area contributed by atoms with Crippen molar-refractivity contribution in [1.29, 1.82) is 0 Å². The number of sulfonamides is 1. The van der Waals surface area contributed by atoms with Gasteiger partial charge in [0.05, 0.1) is 23.7 Å². The maximum atomic E-state index is 12.1. The molecule has 1 aromatic heterocycles. The molecule has 0 amide bonds. The van der Waals surface area contributed by atoms with Gasteiger partial charge in [0.25, 0.3) is 6.47 Å². The number of likely N-dealkylation sites (tertiary alicyclic amines) is 1. The minimum atomic E-state index is -3.33. The number of hydrogen-bond donors (Lipinski definition) is 3. The highest BCUT2D eigenvalue weighted by atomic mass is 32.2. The Balaban J connectivity index is 0.000000941. The van der Waals surface area contributed by atoms with Gasteiger partial charge in [0.1, 0.15) is 0 Å². The molecule has 2 aromatic rings. The molecule has 1 aliphatic rings. The summed E-state index contributed by atoms with van der Waals surface area (Å²) in [6, 6.07) is 8.22. The number of aryl methyl sites for hydroxylation is 1. The Labute approximate surface area is 171 Å². The summed E-state index contributed by atoms with van der Waals surface area (Å²) in [5.74, 6) is -0.314. The van der Waals surface area contributed by atoms with Crippen LogP contribution in [-0.2, 0) is 21.4 Å². The molecule has 2 heterocycles. The summed E-state index contributed by atoms with van der Waals surface area (Å²) in [4.78, 5) is 10.4. The van der Waals surface area contributed by atoms with E-state index in [1.807, 2.05) is 6.92 Å². The Hall–Kier alpha value is -2.27. The van der Waals surface area contributed by atoms with Crippen LogP contribution in [0.3, 0.4) is 0 Å². The molecule has 3 N–H and O–H groups in total. The van der Waals surface area contributed by atoms with E-state index in [9.17, 15) is 13.5 Å². The number of benzene rings is 1. The maximum Gasteiger partial charge on any atom is 0.290 e. The fourth-order valence-corrected chi connectivity index (χ4v) is 4.46. The highest BCUT2D eigenvalue weighted by molar-refractivity contribution is 7.89. The van der Waals surface area contributed by atoms with Gasteiger partial charge in [-0.1, -0.05) is 29.8 Å². The van der Waals surface area contributed by atoms with Crippen molar-refractivity contribution in [3.63, 3.8) is 0 Å². The number of hydrogen-bond acceptors (Lipinski definition) is 6. The van der Waals surface area contributed by atoms with Crippen LogP contribution in [0.5, 0.6) is 0 Å². The number of aliphatic hydroxyl groups is 1. The highest BCUT2D eigenvalue weighted by Gasteiger charge is 2.35. The third kappa shape index (κ3) is 6.10. The van der Waals surface area contributed by atoms with Gasteiger partial charge in [0, 0.05) is 45.2 Å². The highest BCUT2D eigenvalue weighted by Crippen LogP contribution is 2.26. The average molecular weight is 425 g/mol. The number of aliphatic hydroxyl groups excluding tert-OH is 1. The number of rotatable bonds is 6. The Morgan fingerprint density at radius 1 is 1.28 bits per heavy atom. The Morgan fingerprint density at radius 3 is 2.48 bits per heavy atom. The zero-order valence-electron chi connectivity index (χ0n) is 16.8. The third-order valence-electron chi connectivity index (χ3n) is 4.92. The predicted octanol–water partition coefficient (Wildman–Crippen LogP) is 0.770. The second kappa shape index (κ2) is 9.97. The van der Waals surface area contributed by atoms with Crippen molar-refractivity contribution in [3.8, 4) is 11.3 Å². The molecular formula is C19H28N4O5S. The van der Waals surface area contributed by atoms with Crippen molar-refractivity contribution < 1.29 is 23.4 Å². The van der Waals surface area contributed by atoms with E-state index in [0.717, 1.165) is 16.8 Å². The number of carbonyl (C=O) groups is 1. The van der Waals surface area contributed by atoms with Crippen LogP contribution in [0.15, 0.2) is 30.5 Å². The van der Waals surface area contributed by atoms with E-state index >= 15 is 0 Å². The number of nitrogens with zero attached hydrogens (tertiary/aromatic N) is 3. The normalized spacial score (nSPS) is 19.8. The number of H-pyrrole nitrogens is 1. The summed E-state index contributed by atoms with van der Waals surface area (Å²) in [6.07, 6.45) is 1.16. The fourth-order valence-electron chi connectivity index (χ4n) is 3.30. The number of nitrogens with one attached hydrogen (secondary N) is 1. The molecule has 10 heteroatoms. The van der Waals surface area contributed by atoms with Crippen LogP contribution in [0.25, 0.3) is 11.3 Å². The molecule has 1 saturated heterocycles. The zero-order chi connectivity index (χ0) is 21.6. The van der Waals surface area contributed by atoms with Crippen molar-refractivity contribution in [2.75, 3.05) is 32.9 Å². The van der Waals surface area contributed by atoms with Gasteiger partial charge in [-0.25, -0.2) is 12.7 Å². The summed E-state index contributed by atoms with van der Waals surface area (Å²) in [5, 5.41) is 24.4. The molecule has 1 aromatic carbocycles. The van der Waals surface area contributed by atoms with Crippen LogP contribution in [0.2, 0.25) is 0 Å². The Bertz CT molecular complexity index is 896. The summed E-state index contributed by atoms with van der Waals surface area (Å²) >= 11 is 0. The van der Waals surface area contributed by atoms with E-state index < -0.39 is 16.1 Å². The van der Waals surface area contributed by atoms with E-state index in [0.29, 0.717) is 19.6 Å². The smallest absolute Gasteiger partial charge is 0.290 e. The van der Waals surface area contributed by atoms with Gasteiger partial charge in [-0.3, -0.25) is 14.8 Å². The average Bonchev–Trinajstić information content (AvgIpc) is 3.23. The largest absolute Gasteiger partial charge is 0.483 e. The first-order valence-corrected chi connectivity index (χ1v) is 10.8. The van der Waals surface area contributed by atoms with Crippen LogP contribution in [-0.4, -0.2) is 83.5 Å². The second-order valence-electron chi connectivity index (χ2n) is 7.32. The Morgan fingerprint density at radius 2 is 1.90 bits per heavy atom. The number of aromatic nitrogens is 2. The van der Waals surface area contributed by atoms with Gasteiger partial charge in [-0.2, -0.15) is 5.10 Å². The van der Waals surface area contributed by atoms with Crippen LogP contribution >= 0.6 is 0 Å². The fraction of sp³-hybridized carbons (Fsp3) is 0.474. The van der Waals surface area contributed by atoms with Crippen LogP contribution in [0.4, 0.5) is 0 Å². The van der Waals surface area contributed by atoms with Crippen molar-refractivity contribution in [2.45, 2.75) is 19.6 Å². The van der Waals surface area contributed by atoms with Crippen LogP contribution in [0.1, 0.15) is 11.1 Å². The first-order chi connectivity index (χ1) is 13.7. The van der Waals surface area contributed by atoms with E-state index in [1.54, 1.807) is 6.20 Å². The Kier molecular flexibility index (Phi) is 7.91. The summed E-state index contributed by atoms with van der Waals surface area (Å²) in [7, 11) is -0.284. The van der Waals surface area contributed by atoms with Gasteiger partial charge >= 0.3 is 0 Å². The van der Waals surface area contributed by atoms with Gasteiger partial charge in [-0.15, -0.1) is 0 Å². The quantitative estimate of drug-likeness (QED) is 0.585. The van der Waals surface area contributed by atoms with Gasteiger partial charge in [-0.05, 0) is 12.5 Å². The lowest BCUT2D eigenvalue weighted by atomic mass is 10.1. The maximum absolute atomic E-state index is 12.1. The van der Waals surface area contributed by atoms with E-state index in [1.165, 1.54) is 24.0 Å². The van der Waals surface area contributed by atoms with Crippen molar-refractivity contribution in [2.24, 2.45) is 5.92 Å². The van der Waals surface area contributed by atoms with Gasteiger partial charge in [0.2, 0.25) is 10.0 Å². The standard InChI is InChI=1S/C18H26N4O3S.CH2O2/c1-13-4-6-14(7-5-13)18-15(8-19-20-18)9-22-10-16(17(23)11-22)12-26(24,25)21(2)3;2-1-3/h4-8,16-17,23H,9-12H2,1-3H3,(H,19,20);1H,(H,2,3)/t16-,17+;/m0./s1. The molecule has 160 valence electrons. The molecule has 0 unspecified atom stereocenters. The SMILES string of the molecule is Cc1ccc(-c2[nH]ncc2CN2C[C@@H](CS(=O)(=O)N(C)C)[C@H](O)C2)cc1.O=CO. The third-order valence-corrected chi connectivity index (χ3v) is 6.88. The van der Waals surface area contributed by atoms with E-state index in [4.69, 9.17) is 9.90 Å². The topological polar surface area (TPSA) is 127 Å². The molecule has 1 aliphatic heterocycles. The number of β-amino-alcohol motifs (C(OH)–C–C–N with tert-alkyl or cyclic N) is 1. The molecule has 9 nitrogen and oxygen atoms in total. The van der Waals surface area contributed by atoms with Gasteiger partial charge in [0.15, 0.2) is 0 Å². The van der Waals surface area contributed by atoms with Gasteiger partial charge < -0.3 is 10.2 Å². The minimum Gasteiger partial charge on any atom is -0.483 e. The van der Waals surface area contributed by atoms with E-state index in [-0.39, 0.29) is 18.1 Å². The number of aromatic amines is 1. The summed E-state index contributed by atoms with van der Waals surface area (Å²) in [5.41, 5.74) is 4.26. The molecule has 0 spiro atoms. The molecule has 0 saturated carbocycles. The predicted molar refractivity (Wildman–Crippen MR) is 110 cm³/mol. The lowest BCUT2D eigenvalue weighted by Crippen LogP contribution is -2.33. The molecule has 2 atom stereocenters. The van der Waals surface area contributed by atoms with Crippen molar-refractivity contribution in [3.05, 3.63) is 41.6 Å².